The van der Waals surface area contributed by atoms with Gasteiger partial charge in [-0.05, 0) is 0 Å². The first-order valence-corrected chi connectivity index (χ1v) is 4.86. The van der Waals surface area contributed by atoms with Gasteiger partial charge in [-0.1, -0.05) is 15.9 Å². The first-order valence-electron chi connectivity index (χ1n) is 3.74. The van der Waals surface area contributed by atoms with Crippen LogP contribution in [-0.4, -0.2) is 12.1 Å². The Hall–Kier alpha value is -0.910. The number of pyridine rings is 1. The van der Waals surface area contributed by atoms with Gasteiger partial charge < -0.3 is 9.72 Å². The van der Waals surface area contributed by atoms with Gasteiger partial charge in [0.1, 0.15) is 0 Å². The molecule has 1 aromatic heterocycles. The summed E-state index contributed by atoms with van der Waals surface area (Å²) in [6.45, 7) is 0. The lowest BCUT2D eigenvalue weighted by molar-refractivity contribution is 0.145. The van der Waals surface area contributed by atoms with Crippen LogP contribution in [0.25, 0.3) is 0 Å². The van der Waals surface area contributed by atoms with Crippen LogP contribution in [0, 0.1) is 0 Å². The quantitative estimate of drug-likeness (QED) is 0.854. The molecule has 1 rings (SSSR count). The van der Waals surface area contributed by atoms with Gasteiger partial charge in [-0.3, -0.25) is 4.79 Å². The molecule has 0 radical (unpaired) electrons. The summed E-state index contributed by atoms with van der Waals surface area (Å²) in [5, 5.41) is 0.0687. The number of hydrogen-bond donors (Lipinski definition) is 1. The van der Waals surface area contributed by atoms with Crippen molar-refractivity contribution in [2.75, 3.05) is 7.11 Å². The zero-order valence-electron chi connectivity index (χ0n) is 7.31. The molecule has 1 N–H and O–H groups in total. The highest BCUT2D eigenvalue weighted by molar-refractivity contribution is 9.08. The Bertz CT molecular complexity index is 378. The average Bonchev–Trinajstić information content (AvgIpc) is 2.17. The molecule has 0 unspecified atom stereocenters. The fourth-order valence-corrected chi connectivity index (χ4v) is 1.60. The molecule has 0 bridgehead atoms. The summed E-state index contributed by atoms with van der Waals surface area (Å²) >= 11 is 2.98. The Balaban J connectivity index is 3.36. The number of alkyl halides is 3. The van der Waals surface area contributed by atoms with Gasteiger partial charge in [0, 0.05) is 17.1 Å². The Kier molecular flexibility index (Phi) is 3.62. The van der Waals surface area contributed by atoms with Crippen LogP contribution in [0.15, 0.2) is 11.0 Å². The van der Waals surface area contributed by atoms with E-state index >= 15 is 0 Å². The molecule has 0 saturated heterocycles. The summed E-state index contributed by atoms with van der Waals surface area (Å²) in [7, 11) is 1.31. The molecule has 1 aromatic rings. The summed E-state index contributed by atoms with van der Waals surface area (Å²) in [4.78, 5) is 13.8. The first kappa shape index (κ1) is 11.2. The van der Waals surface area contributed by atoms with E-state index in [-0.39, 0.29) is 22.3 Å². The smallest absolute Gasteiger partial charge is 0.278 e. The van der Waals surface area contributed by atoms with Gasteiger partial charge in [-0.2, -0.15) is 0 Å². The van der Waals surface area contributed by atoms with E-state index in [2.05, 4.69) is 20.9 Å². The van der Waals surface area contributed by atoms with Gasteiger partial charge in [-0.15, -0.1) is 0 Å². The molecule has 0 fully saturated rings. The SMILES string of the molecule is COc1c[nH]c(C(F)F)c(CBr)c1=O. The Morgan fingerprint density at radius 1 is 1.64 bits per heavy atom. The van der Waals surface area contributed by atoms with E-state index in [0.29, 0.717) is 0 Å². The molecule has 0 amide bonds. The fraction of sp³-hybridized carbons (Fsp3) is 0.375. The molecule has 1 heterocycles. The summed E-state index contributed by atoms with van der Waals surface area (Å²) < 4.78 is 29.5. The number of nitrogens with one attached hydrogen (secondary N) is 1. The van der Waals surface area contributed by atoms with Gasteiger partial charge in [-0.25, -0.2) is 8.78 Å². The predicted octanol–water partition coefficient (Wildman–Crippen LogP) is 2.22. The molecule has 78 valence electrons. The zero-order valence-corrected chi connectivity index (χ0v) is 8.90. The minimum absolute atomic E-state index is 0.000602. The standard InChI is InChI=1S/C8H8BrF2NO2/c1-14-5-3-12-6(8(10)11)4(2-9)7(5)13/h3,8H,2H2,1H3,(H,12,13). The second kappa shape index (κ2) is 4.54. The van der Waals surface area contributed by atoms with Gasteiger partial charge in [0.15, 0.2) is 5.75 Å². The highest BCUT2D eigenvalue weighted by Gasteiger charge is 2.17. The third kappa shape index (κ3) is 1.95. The number of halogens is 3. The van der Waals surface area contributed by atoms with Crippen molar-refractivity contribution in [1.82, 2.24) is 4.98 Å². The van der Waals surface area contributed by atoms with Crippen LogP contribution in [0.3, 0.4) is 0 Å². The molecular formula is C8H8BrF2NO2. The van der Waals surface area contributed by atoms with Crippen LogP contribution in [0.4, 0.5) is 8.78 Å². The van der Waals surface area contributed by atoms with Gasteiger partial charge in [0.05, 0.1) is 12.8 Å². The number of ether oxygens (including phenoxy) is 1. The van der Waals surface area contributed by atoms with Crippen LogP contribution in [-0.2, 0) is 5.33 Å². The molecule has 14 heavy (non-hydrogen) atoms. The molecule has 0 atom stereocenters. The lowest BCUT2D eigenvalue weighted by Gasteiger charge is -2.07. The van der Waals surface area contributed by atoms with Crippen molar-refractivity contribution < 1.29 is 13.5 Å². The van der Waals surface area contributed by atoms with Crippen LogP contribution >= 0.6 is 15.9 Å². The number of hydrogen-bond acceptors (Lipinski definition) is 2. The average molecular weight is 268 g/mol. The maximum Gasteiger partial charge on any atom is 0.278 e. The Morgan fingerprint density at radius 3 is 2.71 bits per heavy atom. The third-order valence-corrected chi connectivity index (χ3v) is 2.31. The summed E-state index contributed by atoms with van der Waals surface area (Å²) in [5.41, 5.74) is -0.884. The molecule has 3 nitrogen and oxygen atoms in total. The number of aromatic nitrogens is 1. The van der Waals surface area contributed by atoms with Crippen molar-refractivity contribution in [2.45, 2.75) is 11.8 Å². The van der Waals surface area contributed by atoms with Crippen molar-refractivity contribution in [3.63, 3.8) is 0 Å². The van der Waals surface area contributed by atoms with E-state index in [0.717, 1.165) is 6.20 Å². The van der Waals surface area contributed by atoms with E-state index in [9.17, 15) is 13.6 Å². The fourth-order valence-electron chi connectivity index (χ4n) is 1.05. The zero-order chi connectivity index (χ0) is 10.7. The molecule has 0 spiro atoms. The van der Waals surface area contributed by atoms with Crippen molar-refractivity contribution in [1.29, 1.82) is 0 Å². The molecule has 0 aliphatic rings. The second-order valence-corrected chi connectivity index (χ2v) is 3.07. The topological polar surface area (TPSA) is 42.1 Å². The van der Waals surface area contributed by atoms with Crippen LogP contribution in [0.2, 0.25) is 0 Å². The van der Waals surface area contributed by atoms with E-state index < -0.39 is 11.9 Å². The molecule has 0 saturated carbocycles. The lowest BCUT2D eigenvalue weighted by Crippen LogP contribution is -2.15. The number of aromatic amines is 1. The van der Waals surface area contributed by atoms with E-state index in [1.807, 2.05) is 0 Å². The van der Waals surface area contributed by atoms with Crippen molar-refractivity contribution in [2.24, 2.45) is 0 Å². The van der Waals surface area contributed by atoms with Crippen molar-refractivity contribution >= 4 is 15.9 Å². The molecule has 6 heteroatoms. The minimum Gasteiger partial charge on any atom is -0.491 e. The van der Waals surface area contributed by atoms with E-state index in [1.165, 1.54) is 7.11 Å². The minimum atomic E-state index is -2.69. The molecule has 0 aromatic carbocycles. The largest absolute Gasteiger partial charge is 0.491 e. The summed E-state index contributed by atoms with van der Waals surface area (Å²) in [6, 6.07) is 0. The van der Waals surface area contributed by atoms with Crippen LogP contribution in [0.5, 0.6) is 5.75 Å². The van der Waals surface area contributed by atoms with Crippen molar-refractivity contribution in [3.05, 3.63) is 27.7 Å². The summed E-state index contributed by atoms with van der Waals surface area (Å²) in [6.07, 6.45) is -1.56. The Morgan fingerprint density at radius 2 is 2.29 bits per heavy atom. The normalized spacial score (nSPS) is 10.6. The molecule has 0 aliphatic carbocycles. The summed E-state index contributed by atoms with van der Waals surface area (Å²) in [5.74, 6) is 0.0313. The van der Waals surface area contributed by atoms with E-state index in [4.69, 9.17) is 4.74 Å². The third-order valence-electron chi connectivity index (χ3n) is 1.75. The Labute approximate surface area is 87.2 Å². The van der Waals surface area contributed by atoms with Crippen molar-refractivity contribution in [3.8, 4) is 5.75 Å². The van der Waals surface area contributed by atoms with Gasteiger partial charge in [0.25, 0.3) is 6.43 Å². The molecular weight excluding hydrogens is 260 g/mol. The maximum absolute atomic E-state index is 12.4. The highest BCUT2D eigenvalue weighted by atomic mass is 79.9. The monoisotopic (exact) mass is 267 g/mol. The number of H-pyrrole nitrogens is 1. The predicted molar refractivity (Wildman–Crippen MR) is 51.2 cm³/mol. The van der Waals surface area contributed by atoms with Crippen LogP contribution < -0.4 is 10.2 Å². The lowest BCUT2D eigenvalue weighted by atomic mass is 10.2. The van der Waals surface area contributed by atoms with E-state index in [1.54, 1.807) is 0 Å². The second-order valence-electron chi connectivity index (χ2n) is 2.51. The number of rotatable bonds is 3. The van der Waals surface area contributed by atoms with Gasteiger partial charge >= 0.3 is 0 Å². The van der Waals surface area contributed by atoms with Gasteiger partial charge in [0.2, 0.25) is 5.43 Å². The first-order chi connectivity index (χ1) is 6.61. The maximum atomic E-state index is 12.4. The van der Waals surface area contributed by atoms with Crippen LogP contribution in [0.1, 0.15) is 17.7 Å². The molecule has 0 aliphatic heterocycles. The number of methoxy groups -OCH3 is 1. The highest BCUT2D eigenvalue weighted by Crippen LogP contribution is 2.21.